The van der Waals surface area contributed by atoms with Crippen molar-refractivity contribution in [2.24, 2.45) is 4.99 Å². The predicted octanol–water partition coefficient (Wildman–Crippen LogP) is 7.44. The fourth-order valence-corrected chi connectivity index (χ4v) is 4.70. The third-order valence-corrected chi connectivity index (χ3v) is 6.57. The molecule has 0 aliphatic carbocycles. The van der Waals surface area contributed by atoms with Crippen molar-refractivity contribution in [3.05, 3.63) is 98.1 Å². The van der Waals surface area contributed by atoms with Crippen molar-refractivity contribution in [3.8, 4) is 5.75 Å². The van der Waals surface area contributed by atoms with Crippen LogP contribution in [0.5, 0.6) is 5.75 Å². The second kappa shape index (κ2) is 10.5. The first-order chi connectivity index (χ1) is 15.9. The molecular weight excluding hydrogens is 527 g/mol. The summed E-state index contributed by atoms with van der Waals surface area (Å²) in [5.41, 5.74) is 2.34. The number of aliphatic imine (C=N–C) groups is 1. The molecule has 33 heavy (non-hydrogen) atoms. The highest BCUT2D eigenvalue weighted by molar-refractivity contribution is 9.10. The fourth-order valence-electron chi connectivity index (χ4n) is 3.14. The average molecular weight is 546 g/mol. The summed E-state index contributed by atoms with van der Waals surface area (Å²) in [5, 5.41) is 1.22. The Morgan fingerprint density at radius 2 is 1.85 bits per heavy atom. The zero-order valence-corrected chi connectivity index (χ0v) is 20.8. The van der Waals surface area contributed by atoms with Crippen LogP contribution in [0.1, 0.15) is 18.1 Å². The summed E-state index contributed by atoms with van der Waals surface area (Å²) in [6, 6.07) is 19.0. The number of nitrogens with zero attached hydrogens (tertiary/aromatic N) is 2. The minimum Gasteiger partial charge on any atom is -0.488 e. The quantitative estimate of drug-likeness (QED) is 0.302. The zero-order chi connectivity index (χ0) is 23.4. The lowest BCUT2D eigenvalue weighted by molar-refractivity contribution is -0.122. The van der Waals surface area contributed by atoms with E-state index < -0.39 is 0 Å². The van der Waals surface area contributed by atoms with E-state index in [4.69, 9.17) is 16.3 Å². The second-order valence-corrected chi connectivity index (χ2v) is 9.49. The van der Waals surface area contributed by atoms with E-state index in [9.17, 15) is 9.18 Å². The van der Waals surface area contributed by atoms with Gasteiger partial charge in [-0.3, -0.25) is 9.69 Å². The molecule has 0 saturated carbocycles. The Morgan fingerprint density at radius 3 is 2.55 bits per heavy atom. The third kappa shape index (κ3) is 5.85. The Morgan fingerprint density at radius 1 is 1.12 bits per heavy atom. The maximum Gasteiger partial charge on any atom is 0.266 e. The Labute approximate surface area is 209 Å². The molecule has 1 aliphatic heterocycles. The molecule has 3 aromatic carbocycles. The molecule has 0 unspecified atom stereocenters. The maximum absolute atomic E-state index is 13.2. The molecule has 1 aliphatic rings. The van der Waals surface area contributed by atoms with Crippen LogP contribution in [-0.4, -0.2) is 22.5 Å². The number of ether oxygens (including phenoxy) is 1. The van der Waals surface area contributed by atoms with Gasteiger partial charge in [-0.25, -0.2) is 9.38 Å². The summed E-state index contributed by atoms with van der Waals surface area (Å²) in [6.45, 7) is 2.73. The molecule has 8 heteroatoms. The van der Waals surface area contributed by atoms with Gasteiger partial charge in [-0.05, 0) is 84.9 Å². The van der Waals surface area contributed by atoms with E-state index in [1.54, 1.807) is 17.0 Å². The molecule has 168 valence electrons. The van der Waals surface area contributed by atoms with Crippen molar-refractivity contribution in [2.45, 2.75) is 13.5 Å². The Kier molecular flexibility index (Phi) is 7.53. The van der Waals surface area contributed by atoms with Crippen LogP contribution in [0, 0.1) is 5.82 Å². The Balaban J connectivity index is 1.60. The zero-order valence-electron chi connectivity index (χ0n) is 17.6. The SMILES string of the molecule is CCN1C(=O)/C(=C\c2cc(Br)ccc2OCc2ccc(Cl)cc2)SC1=Nc1ccc(F)cc1. The van der Waals surface area contributed by atoms with Crippen LogP contribution in [-0.2, 0) is 11.4 Å². The van der Waals surface area contributed by atoms with Crippen LogP contribution in [0.2, 0.25) is 5.02 Å². The first kappa shape index (κ1) is 23.5. The number of likely N-dealkylation sites (N-methyl/N-ethyl adjacent to an activating group) is 1. The van der Waals surface area contributed by atoms with Crippen LogP contribution in [0.15, 0.2) is 81.1 Å². The lowest BCUT2D eigenvalue weighted by atomic mass is 10.1. The van der Waals surface area contributed by atoms with Gasteiger partial charge in [0.2, 0.25) is 0 Å². The topological polar surface area (TPSA) is 41.9 Å². The van der Waals surface area contributed by atoms with Crippen LogP contribution in [0.4, 0.5) is 10.1 Å². The van der Waals surface area contributed by atoms with Gasteiger partial charge >= 0.3 is 0 Å². The molecule has 4 nitrogen and oxygen atoms in total. The highest BCUT2D eigenvalue weighted by Gasteiger charge is 2.32. The first-order valence-electron chi connectivity index (χ1n) is 10.2. The van der Waals surface area contributed by atoms with Crippen LogP contribution < -0.4 is 4.74 Å². The molecule has 1 fully saturated rings. The summed E-state index contributed by atoms with van der Waals surface area (Å²) < 4.78 is 20.1. The van der Waals surface area contributed by atoms with Gasteiger partial charge in [0, 0.05) is 21.6 Å². The van der Waals surface area contributed by atoms with Gasteiger partial charge in [-0.15, -0.1) is 0 Å². The highest BCUT2D eigenvalue weighted by atomic mass is 79.9. The number of halogens is 3. The summed E-state index contributed by atoms with van der Waals surface area (Å²) in [4.78, 5) is 19.7. The van der Waals surface area contributed by atoms with E-state index in [-0.39, 0.29) is 11.7 Å². The van der Waals surface area contributed by atoms with E-state index >= 15 is 0 Å². The Hall–Kier alpha value is -2.61. The molecule has 0 N–H and O–H groups in total. The normalized spacial score (nSPS) is 16.1. The van der Waals surface area contributed by atoms with E-state index in [1.807, 2.05) is 55.5 Å². The van der Waals surface area contributed by atoms with Crippen molar-refractivity contribution < 1.29 is 13.9 Å². The van der Waals surface area contributed by atoms with Crippen molar-refractivity contribution >= 4 is 62.1 Å². The number of benzene rings is 3. The first-order valence-corrected chi connectivity index (χ1v) is 12.1. The molecule has 0 spiro atoms. The monoisotopic (exact) mass is 544 g/mol. The average Bonchev–Trinajstić information content (AvgIpc) is 3.09. The summed E-state index contributed by atoms with van der Waals surface area (Å²) >= 11 is 10.7. The van der Waals surface area contributed by atoms with Gasteiger partial charge in [-0.2, -0.15) is 0 Å². The standard InChI is InChI=1S/C25H19BrClFN2O2S/c1-2-30-24(31)23(33-25(30)29-21-10-8-20(28)9-11-21)14-17-13-18(26)5-12-22(17)32-15-16-3-6-19(27)7-4-16/h3-14H,2,15H2,1H3/b23-14+,29-25?. The number of amidine groups is 1. The van der Waals surface area contributed by atoms with Crippen molar-refractivity contribution in [1.82, 2.24) is 4.90 Å². The molecule has 1 amide bonds. The molecule has 0 radical (unpaired) electrons. The maximum atomic E-state index is 13.2. The molecule has 4 rings (SSSR count). The van der Waals surface area contributed by atoms with Gasteiger partial charge in [0.1, 0.15) is 18.2 Å². The minimum absolute atomic E-state index is 0.132. The summed E-state index contributed by atoms with van der Waals surface area (Å²) in [5.74, 6) is 0.191. The smallest absolute Gasteiger partial charge is 0.266 e. The van der Waals surface area contributed by atoms with Crippen LogP contribution in [0.3, 0.4) is 0 Å². The molecule has 1 heterocycles. The number of rotatable bonds is 6. The molecule has 0 bridgehead atoms. The number of carbonyl (C=O) groups is 1. The molecule has 3 aromatic rings. The number of amides is 1. The summed E-state index contributed by atoms with van der Waals surface area (Å²) in [6.07, 6.45) is 1.81. The predicted molar refractivity (Wildman–Crippen MR) is 136 cm³/mol. The lowest BCUT2D eigenvalue weighted by Crippen LogP contribution is -2.28. The molecule has 0 aromatic heterocycles. The fraction of sp³-hybridized carbons (Fsp3) is 0.120. The number of thioether (sulfide) groups is 1. The van der Waals surface area contributed by atoms with E-state index in [2.05, 4.69) is 20.9 Å². The van der Waals surface area contributed by atoms with Crippen molar-refractivity contribution in [3.63, 3.8) is 0 Å². The summed E-state index contributed by atoms with van der Waals surface area (Å²) in [7, 11) is 0. The second-order valence-electron chi connectivity index (χ2n) is 7.13. The van der Waals surface area contributed by atoms with Crippen molar-refractivity contribution in [2.75, 3.05) is 6.54 Å². The molecular formula is C25H19BrClFN2O2S. The van der Waals surface area contributed by atoms with Gasteiger partial charge < -0.3 is 4.74 Å². The van der Waals surface area contributed by atoms with Gasteiger partial charge in [0.25, 0.3) is 5.91 Å². The van der Waals surface area contributed by atoms with Crippen molar-refractivity contribution in [1.29, 1.82) is 0 Å². The number of hydrogen-bond donors (Lipinski definition) is 0. The largest absolute Gasteiger partial charge is 0.488 e. The minimum atomic E-state index is -0.331. The van der Waals surface area contributed by atoms with Gasteiger partial charge in [-0.1, -0.05) is 39.7 Å². The van der Waals surface area contributed by atoms with Gasteiger partial charge in [0.05, 0.1) is 10.6 Å². The number of carbonyl (C=O) groups excluding carboxylic acids is 1. The third-order valence-electron chi connectivity index (χ3n) is 4.82. The van der Waals surface area contributed by atoms with E-state index in [0.29, 0.717) is 39.7 Å². The van der Waals surface area contributed by atoms with E-state index in [0.717, 1.165) is 15.6 Å². The number of hydrogen-bond acceptors (Lipinski definition) is 4. The Bertz CT molecular complexity index is 1230. The molecule has 0 atom stereocenters. The van der Waals surface area contributed by atoms with Crippen LogP contribution >= 0.6 is 39.3 Å². The lowest BCUT2D eigenvalue weighted by Gasteiger charge is -2.12. The van der Waals surface area contributed by atoms with Gasteiger partial charge in [0.15, 0.2) is 5.17 Å². The van der Waals surface area contributed by atoms with E-state index in [1.165, 1.54) is 23.9 Å². The molecule has 1 saturated heterocycles. The van der Waals surface area contributed by atoms with Crippen LogP contribution in [0.25, 0.3) is 6.08 Å². The highest BCUT2D eigenvalue weighted by Crippen LogP contribution is 2.36.